The summed E-state index contributed by atoms with van der Waals surface area (Å²) in [6.07, 6.45) is 0. The minimum absolute atomic E-state index is 0.0525. The van der Waals surface area contributed by atoms with Crippen LogP contribution in [-0.4, -0.2) is 27.1 Å². The molecule has 8 heteroatoms. The van der Waals surface area contributed by atoms with Crippen molar-refractivity contribution in [3.63, 3.8) is 0 Å². The van der Waals surface area contributed by atoms with Gasteiger partial charge in [0.05, 0.1) is 22.2 Å². The fraction of sp³-hybridized carbons (Fsp3) is 0.222. The average Bonchev–Trinajstić information content (AvgIpc) is 3.00. The van der Waals surface area contributed by atoms with Crippen molar-refractivity contribution in [2.24, 2.45) is 0 Å². The number of nitrogens with zero attached hydrogens (tertiary/aromatic N) is 2. The molecule has 134 valence electrons. The highest BCUT2D eigenvalue weighted by molar-refractivity contribution is 6.07. The lowest BCUT2D eigenvalue weighted by atomic mass is 10.0. The number of fused-ring (bicyclic) bond motifs is 1. The van der Waals surface area contributed by atoms with Crippen LogP contribution in [0.4, 0.5) is 0 Å². The van der Waals surface area contributed by atoms with E-state index in [0.29, 0.717) is 22.3 Å². The molecule has 2 aromatic heterocycles. The van der Waals surface area contributed by atoms with Crippen LogP contribution in [0.3, 0.4) is 0 Å². The van der Waals surface area contributed by atoms with Gasteiger partial charge in [0.2, 0.25) is 0 Å². The third-order valence-corrected chi connectivity index (χ3v) is 3.91. The van der Waals surface area contributed by atoms with E-state index in [4.69, 9.17) is 4.52 Å². The molecule has 0 bridgehead atoms. The Morgan fingerprint density at radius 2 is 1.77 bits per heavy atom. The second-order valence-corrected chi connectivity index (χ2v) is 6.12. The minimum atomic E-state index is -0.632. The molecule has 0 saturated heterocycles. The van der Waals surface area contributed by atoms with E-state index in [1.807, 2.05) is 13.8 Å². The Morgan fingerprint density at radius 1 is 1.12 bits per heavy atom. The van der Waals surface area contributed by atoms with Gasteiger partial charge in [-0.1, -0.05) is 31.1 Å². The molecule has 0 aliphatic heterocycles. The second kappa shape index (κ2) is 6.83. The lowest BCUT2D eigenvalue weighted by molar-refractivity contribution is 0.0846. The first-order valence-electron chi connectivity index (χ1n) is 8.04. The van der Waals surface area contributed by atoms with E-state index in [0.717, 1.165) is 0 Å². The number of rotatable bonds is 3. The molecule has 1 aromatic carbocycles. The first kappa shape index (κ1) is 17.4. The molecule has 3 aromatic rings. The average molecular weight is 354 g/mol. The van der Waals surface area contributed by atoms with Crippen LogP contribution in [0.15, 0.2) is 34.9 Å². The number of pyridine rings is 1. The summed E-state index contributed by atoms with van der Waals surface area (Å²) in [6, 6.07) is 7.69. The maximum atomic E-state index is 12.6. The van der Waals surface area contributed by atoms with Gasteiger partial charge in [0.15, 0.2) is 0 Å². The van der Waals surface area contributed by atoms with Crippen LogP contribution >= 0.6 is 0 Å². The van der Waals surface area contributed by atoms with Gasteiger partial charge in [-0.25, -0.2) is 4.98 Å². The molecular formula is C18H18N4O4. The lowest BCUT2D eigenvalue weighted by Crippen LogP contribution is -2.41. The highest BCUT2D eigenvalue weighted by atomic mass is 16.5. The van der Waals surface area contributed by atoms with Crippen LogP contribution in [0.5, 0.6) is 5.75 Å². The molecule has 0 radical (unpaired) electrons. The molecule has 0 aliphatic carbocycles. The Morgan fingerprint density at radius 3 is 2.42 bits per heavy atom. The molecule has 0 spiro atoms. The number of phenols is 1. The zero-order valence-electron chi connectivity index (χ0n) is 14.5. The van der Waals surface area contributed by atoms with Crippen molar-refractivity contribution in [2.45, 2.75) is 26.7 Å². The monoisotopic (exact) mass is 354 g/mol. The van der Waals surface area contributed by atoms with E-state index in [1.54, 1.807) is 25.1 Å². The van der Waals surface area contributed by atoms with Crippen molar-refractivity contribution >= 4 is 22.9 Å². The largest absolute Gasteiger partial charge is 0.507 e. The number of hydrazine groups is 1. The Bertz CT molecular complexity index is 994. The molecule has 0 fully saturated rings. The van der Waals surface area contributed by atoms with Gasteiger partial charge in [-0.15, -0.1) is 0 Å². The van der Waals surface area contributed by atoms with E-state index in [9.17, 15) is 14.7 Å². The van der Waals surface area contributed by atoms with Crippen molar-refractivity contribution in [1.82, 2.24) is 21.0 Å². The van der Waals surface area contributed by atoms with Crippen LogP contribution < -0.4 is 10.9 Å². The summed E-state index contributed by atoms with van der Waals surface area (Å²) >= 11 is 0. The topological polar surface area (TPSA) is 117 Å². The molecule has 3 N–H and O–H groups in total. The number of nitrogens with one attached hydrogen (secondary N) is 2. The van der Waals surface area contributed by atoms with Gasteiger partial charge in [-0.05, 0) is 31.0 Å². The van der Waals surface area contributed by atoms with Gasteiger partial charge in [0, 0.05) is 5.69 Å². The van der Waals surface area contributed by atoms with E-state index in [2.05, 4.69) is 21.0 Å². The number of amides is 2. The molecule has 0 atom stereocenters. The Balaban J connectivity index is 1.87. The van der Waals surface area contributed by atoms with Gasteiger partial charge >= 0.3 is 0 Å². The number of hydrogen-bond donors (Lipinski definition) is 3. The van der Waals surface area contributed by atoms with Crippen molar-refractivity contribution in [3.05, 3.63) is 52.8 Å². The second-order valence-electron chi connectivity index (χ2n) is 6.12. The van der Waals surface area contributed by atoms with Crippen molar-refractivity contribution in [1.29, 1.82) is 0 Å². The molecule has 3 rings (SSSR count). The number of benzene rings is 1. The zero-order valence-corrected chi connectivity index (χ0v) is 14.5. The number of carbonyl (C=O) groups excluding carboxylic acids is 2. The van der Waals surface area contributed by atoms with Gasteiger partial charge in [0.1, 0.15) is 5.75 Å². The summed E-state index contributed by atoms with van der Waals surface area (Å²) in [7, 11) is 0. The Labute approximate surface area is 149 Å². The van der Waals surface area contributed by atoms with E-state index >= 15 is 0 Å². The number of hydrogen-bond acceptors (Lipinski definition) is 6. The number of carbonyl (C=O) groups is 2. The standard InChI is InChI=1S/C18H18N4O4/c1-9(2)13-8-12(15-10(3)22-26-18(15)19-13)17(25)21-20-16(24)11-6-4-5-7-14(11)23/h4-9,23H,1-3H3,(H,20,24)(H,21,25). The molecule has 2 amide bonds. The summed E-state index contributed by atoms with van der Waals surface area (Å²) in [5, 5.41) is 14.1. The predicted octanol–water partition coefficient (Wildman–Crippen LogP) is 2.44. The number of aryl methyl sites for hydroxylation is 1. The zero-order chi connectivity index (χ0) is 18.8. The maximum Gasteiger partial charge on any atom is 0.273 e. The fourth-order valence-corrected chi connectivity index (χ4v) is 2.50. The summed E-state index contributed by atoms with van der Waals surface area (Å²) in [4.78, 5) is 29.1. The normalized spacial score (nSPS) is 10.9. The van der Waals surface area contributed by atoms with Gasteiger partial charge in [-0.2, -0.15) is 0 Å². The lowest BCUT2D eigenvalue weighted by Gasteiger charge is -2.11. The molecule has 26 heavy (non-hydrogen) atoms. The summed E-state index contributed by atoms with van der Waals surface area (Å²) in [5.74, 6) is -1.27. The summed E-state index contributed by atoms with van der Waals surface area (Å²) in [6.45, 7) is 5.60. The van der Waals surface area contributed by atoms with Crippen LogP contribution in [0.1, 0.15) is 51.9 Å². The number of phenolic OH excluding ortho intramolecular Hbond substituents is 1. The van der Waals surface area contributed by atoms with Crippen LogP contribution in [0.2, 0.25) is 0 Å². The quantitative estimate of drug-likeness (QED) is 0.622. The fourth-order valence-electron chi connectivity index (χ4n) is 2.50. The molecule has 0 unspecified atom stereocenters. The maximum absolute atomic E-state index is 12.6. The Kier molecular flexibility index (Phi) is 4.57. The van der Waals surface area contributed by atoms with E-state index in [1.165, 1.54) is 12.1 Å². The molecule has 2 heterocycles. The minimum Gasteiger partial charge on any atom is -0.507 e. The third kappa shape index (κ3) is 3.21. The van der Waals surface area contributed by atoms with Crippen molar-refractivity contribution in [2.75, 3.05) is 0 Å². The highest BCUT2D eigenvalue weighted by Crippen LogP contribution is 2.25. The first-order chi connectivity index (χ1) is 12.4. The number of aromatic hydroxyl groups is 1. The van der Waals surface area contributed by atoms with Crippen LogP contribution in [-0.2, 0) is 0 Å². The molecule has 8 nitrogen and oxygen atoms in total. The van der Waals surface area contributed by atoms with Crippen molar-refractivity contribution in [3.8, 4) is 5.75 Å². The van der Waals surface area contributed by atoms with Gasteiger partial charge in [-0.3, -0.25) is 20.4 Å². The number of para-hydroxylation sites is 1. The highest BCUT2D eigenvalue weighted by Gasteiger charge is 2.20. The van der Waals surface area contributed by atoms with Gasteiger partial charge in [0.25, 0.3) is 17.5 Å². The number of aromatic nitrogens is 2. The first-order valence-corrected chi connectivity index (χ1v) is 8.04. The predicted molar refractivity (Wildman–Crippen MR) is 93.7 cm³/mol. The smallest absolute Gasteiger partial charge is 0.273 e. The summed E-state index contributed by atoms with van der Waals surface area (Å²) in [5.41, 5.74) is 6.47. The summed E-state index contributed by atoms with van der Waals surface area (Å²) < 4.78 is 5.18. The van der Waals surface area contributed by atoms with Crippen molar-refractivity contribution < 1.29 is 19.2 Å². The van der Waals surface area contributed by atoms with E-state index in [-0.39, 0.29) is 22.9 Å². The Hall–Kier alpha value is -3.42. The van der Waals surface area contributed by atoms with Crippen LogP contribution in [0.25, 0.3) is 11.1 Å². The molecule has 0 aliphatic rings. The molecule has 0 saturated carbocycles. The van der Waals surface area contributed by atoms with Gasteiger partial charge < -0.3 is 9.63 Å². The third-order valence-electron chi connectivity index (χ3n) is 3.91. The molecular weight excluding hydrogens is 336 g/mol. The van der Waals surface area contributed by atoms with Crippen LogP contribution in [0, 0.1) is 6.92 Å². The SMILES string of the molecule is Cc1noc2nc(C(C)C)cc(C(=O)NNC(=O)c3ccccc3O)c12. The van der Waals surface area contributed by atoms with E-state index < -0.39 is 11.8 Å².